The first-order valence-corrected chi connectivity index (χ1v) is 9.70. The van der Waals surface area contributed by atoms with Gasteiger partial charge in [0, 0.05) is 24.3 Å². The normalized spacial score (nSPS) is 23.7. The minimum atomic E-state index is -1.57. The third kappa shape index (κ3) is 5.68. The Morgan fingerprint density at radius 1 is 0.714 bits per heavy atom. The van der Waals surface area contributed by atoms with Crippen LogP contribution >= 0.6 is 0 Å². The minimum Gasteiger partial charge on any atom is -1.00 e. The molecule has 0 radical (unpaired) electrons. The highest BCUT2D eigenvalue weighted by Crippen LogP contribution is 2.43. The number of fused-ring (bicyclic) bond motifs is 1. The van der Waals surface area contributed by atoms with Crippen LogP contribution in [0.3, 0.4) is 0 Å². The number of hydrogen-bond acceptors (Lipinski definition) is 12. The number of hydrogen-bond donors (Lipinski definition) is 11. The predicted molar refractivity (Wildman–Crippen MR) is 112 cm³/mol. The monoisotopic (exact) mass is 518 g/mol. The van der Waals surface area contributed by atoms with Gasteiger partial charge in [0.15, 0.2) is 23.5 Å². The number of rotatable bonds is 2. The summed E-state index contributed by atoms with van der Waals surface area (Å²) in [7, 11) is 0. The summed E-state index contributed by atoms with van der Waals surface area (Å²) in [4.78, 5) is 0. The fraction of sp³-hybridized carbons (Fsp3) is 0.286. The molecule has 35 heavy (non-hydrogen) atoms. The molecule has 1 aliphatic heterocycles. The van der Waals surface area contributed by atoms with Crippen LogP contribution in [0.5, 0.6) is 34.5 Å². The Morgan fingerprint density at radius 3 is 1.89 bits per heavy atom. The molecule has 5 atom stereocenters. The van der Waals surface area contributed by atoms with Crippen LogP contribution in [0.15, 0.2) is 34.7 Å². The topological polar surface area (TPSA) is 243 Å². The van der Waals surface area contributed by atoms with Gasteiger partial charge in [0.25, 0.3) is 0 Å². The molecule has 13 nitrogen and oxygen atoms in total. The molecular formula is C21H23ClO13. The van der Waals surface area contributed by atoms with Crippen LogP contribution in [0.2, 0.25) is 0 Å². The van der Waals surface area contributed by atoms with Crippen LogP contribution in [-0.2, 0) is 4.74 Å². The lowest BCUT2D eigenvalue weighted by atomic mass is 10.00. The molecule has 11 N–H and O–H groups in total. The Labute approximate surface area is 202 Å². The summed E-state index contributed by atoms with van der Waals surface area (Å²) in [5.74, 6) is -2.88. The minimum absolute atomic E-state index is 0. The van der Waals surface area contributed by atoms with Crippen molar-refractivity contribution in [2.24, 2.45) is 0 Å². The van der Waals surface area contributed by atoms with E-state index in [0.717, 1.165) is 18.2 Å². The Hall–Kier alpha value is -3.30. The number of phenols is 5. The fourth-order valence-electron chi connectivity index (χ4n) is 3.22. The van der Waals surface area contributed by atoms with E-state index in [4.69, 9.17) is 29.9 Å². The fourth-order valence-corrected chi connectivity index (χ4v) is 3.22. The molecule has 1 saturated heterocycles. The zero-order chi connectivity index (χ0) is 25.3. The summed E-state index contributed by atoms with van der Waals surface area (Å²) >= 11 is 0. The lowest BCUT2D eigenvalue weighted by molar-refractivity contribution is -0.286. The van der Waals surface area contributed by atoms with Crippen molar-refractivity contribution in [3.05, 3.63) is 30.3 Å². The van der Waals surface area contributed by atoms with Gasteiger partial charge in [0.2, 0.25) is 5.75 Å². The molecule has 2 aromatic carbocycles. The van der Waals surface area contributed by atoms with Crippen LogP contribution in [0, 0.1) is 0 Å². The molecule has 0 bridgehead atoms. The lowest BCUT2D eigenvalue weighted by Gasteiger charge is -2.37. The molecule has 1 fully saturated rings. The second-order valence-electron chi connectivity index (χ2n) is 7.42. The molecule has 0 amide bonds. The van der Waals surface area contributed by atoms with E-state index in [1.807, 2.05) is 0 Å². The van der Waals surface area contributed by atoms with Crippen molar-refractivity contribution in [2.45, 2.75) is 30.7 Å². The summed E-state index contributed by atoms with van der Waals surface area (Å²) < 4.78 is 9.99. The maximum atomic E-state index is 10.0. The van der Waals surface area contributed by atoms with E-state index in [-0.39, 0.29) is 51.9 Å². The Balaban J connectivity index is 0.000000284. The molecule has 0 aliphatic carbocycles. The first-order valence-electron chi connectivity index (χ1n) is 9.70. The number of halogens is 1. The van der Waals surface area contributed by atoms with Crippen LogP contribution in [0.4, 0.5) is 0 Å². The molecule has 2 heterocycles. The van der Waals surface area contributed by atoms with Crippen molar-refractivity contribution in [1.82, 2.24) is 0 Å². The molecule has 192 valence electrons. The Kier molecular flexibility index (Phi) is 8.75. The maximum absolute atomic E-state index is 10.0. The average molecular weight is 519 g/mol. The van der Waals surface area contributed by atoms with Gasteiger partial charge < -0.3 is 73.3 Å². The molecule has 1 aliphatic rings. The van der Waals surface area contributed by atoms with E-state index < -0.39 is 54.6 Å². The van der Waals surface area contributed by atoms with E-state index in [2.05, 4.69) is 4.74 Å². The SMILES string of the molecule is OC[C@H]1O[C@@H](O)[C@H](O)[C@@H](O)[C@@H]1O.Oc1cc(O)c2cc(O)c(-c3cc(O)c(O)c(O)c3)[o+]c2c1.[Cl-]. The van der Waals surface area contributed by atoms with Crippen LogP contribution in [0.1, 0.15) is 0 Å². The number of aliphatic hydroxyl groups excluding tert-OH is 5. The Morgan fingerprint density at radius 2 is 1.31 bits per heavy atom. The smallest absolute Gasteiger partial charge is 0.402 e. The predicted octanol–water partition coefficient (Wildman–Crippen LogP) is -3.60. The zero-order valence-electron chi connectivity index (χ0n) is 17.6. The Bertz CT molecular complexity index is 1160. The summed E-state index contributed by atoms with van der Waals surface area (Å²) in [5, 5.41) is 102. The van der Waals surface area contributed by atoms with E-state index in [1.54, 1.807) is 0 Å². The van der Waals surface area contributed by atoms with Gasteiger partial charge in [-0.15, -0.1) is 0 Å². The largest absolute Gasteiger partial charge is 1.00 e. The summed E-state index contributed by atoms with van der Waals surface area (Å²) in [6, 6.07) is 5.71. The standard InChI is InChI=1S/C15H10O7.C6H12O6.ClH/c16-7-3-9(17)8-5-12(20)15(22-13(8)4-7)6-1-10(18)14(21)11(19)2-6;7-1-2-3(8)4(9)5(10)6(11)12-2;/h1-5H,(H5-,16,17,18,19,20,21);2-11H,1H2;1H/t;2-,3-,4+,5-,6-;/m.1./s1. The summed E-state index contributed by atoms with van der Waals surface area (Å²) in [6.07, 6.45) is -7.04. The van der Waals surface area contributed by atoms with E-state index in [1.165, 1.54) is 12.1 Å². The molecule has 0 saturated carbocycles. The quantitative estimate of drug-likeness (QED) is 0.116. The first kappa shape index (κ1) is 27.9. The third-order valence-electron chi connectivity index (χ3n) is 5.03. The zero-order valence-corrected chi connectivity index (χ0v) is 18.4. The van der Waals surface area contributed by atoms with Gasteiger partial charge in [-0.05, 0) is 0 Å². The van der Waals surface area contributed by atoms with Crippen molar-refractivity contribution in [3.8, 4) is 45.8 Å². The lowest BCUT2D eigenvalue weighted by Crippen LogP contribution is -3.00. The highest BCUT2D eigenvalue weighted by atomic mass is 35.5. The van der Waals surface area contributed by atoms with Gasteiger partial charge in [-0.25, -0.2) is 4.42 Å². The van der Waals surface area contributed by atoms with Gasteiger partial charge in [0.1, 0.15) is 41.3 Å². The molecular weight excluding hydrogens is 496 g/mol. The molecule has 3 aromatic rings. The number of phenolic OH excluding ortho intramolecular Hbond substituents is 5. The van der Waals surface area contributed by atoms with Crippen molar-refractivity contribution >= 4 is 11.0 Å². The first-order chi connectivity index (χ1) is 15.9. The van der Waals surface area contributed by atoms with Gasteiger partial charge >= 0.3 is 11.3 Å². The molecule has 14 heteroatoms. The van der Waals surface area contributed by atoms with E-state index in [9.17, 15) is 30.6 Å². The van der Waals surface area contributed by atoms with Crippen LogP contribution in [0.25, 0.3) is 22.3 Å². The second-order valence-corrected chi connectivity index (χ2v) is 7.42. The summed E-state index contributed by atoms with van der Waals surface area (Å²) in [5.41, 5.74) is 0.174. The average Bonchev–Trinajstić information content (AvgIpc) is 2.78. The second kappa shape index (κ2) is 11.0. The molecule has 4 rings (SSSR count). The molecule has 0 spiro atoms. The van der Waals surface area contributed by atoms with Gasteiger partial charge in [0.05, 0.1) is 18.2 Å². The highest BCUT2D eigenvalue weighted by Gasteiger charge is 2.42. The van der Waals surface area contributed by atoms with Gasteiger partial charge in [-0.3, -0.25) is 0 Å². The number of ether oxygens (including phenoxy) is 1. The summed E-state index contributed by atoms with van der Waals surface area (Å²) in [6.45, 7) is -0.526. The maximum Gasteiger partial charge on any atom is 0.402 e. The van der Waals surface area contributed by atoms with E-state index in [0.29, 0.717) is 0 Å². The number of aliphatic hydroxyl groups is 5. The van der Waals surface area contributed by atoms with Gasteiger partial charge in [-0.1, -0.05) is 0 Å². The number of benzene rings is 2. The van der Waals surface area contributed by atoms with Gasteiger partial charge in [-0.2, -0.15) is 0 Å². The molecule has 1 aromatic heterocycles. The molecule has 0 unspecified atom stereocenters. The van der Waals surface area contributed by atoms with Crippen molar-refractivity contribution in [3.63, 3.8) is 0 Å². The van der Waals surface area contributed by atoms with Crippen LogP contribution in [-0.4, -0.2) is 93.5 Å². The third-order valence-corrected chi connectivity index (χ3v) is 5.03. The highest BCUT2D eigenvalue weighted by molar-refractivity contribution is 5.88. The van der Waals surface area contributed by atoms with Crippen molar-refractivity contribution in [1.29, 1.82) is 0 Å². The van der Waals surface area contributed by atoms with Crippen molar-refractivity contribution < 1.29 is 77.7 Å². The van der Waals surface area contributed by atoms with E-state index >= 15 is 0 Å². The van der Waals surface area contributed by atoms with Crippen molar-refractivity contribution in [2.75, 3.05) is 6.61 Å². The number of aromatic hydroxyl groups is 6. The van der Waals surface area contributed by atoms with Crippen LogP contribution < -0.4 is 12.4 Å².